The molecule has 0 N–H and O–H groups in total. The van der Waals surface area contributed by atoms with Crippen LogP contribution in [0.1, 0.15) is 35.4 Å². The molecule has 0 aliphatic heterocycles. The highest BCUT2D eigenvalue weighted by Gasteiger charge is 2.21. The fourth-order valence-electron chi connectivity index (χ4n) is 1.74. The molecule has 1 aromatic rings. The summed E-state index contributed by atoms with van der Waals surface area (Å²) < 4.78 is 20.8. The highest BCUT2D eigenvalue weighted by atomic mass is 16.7. The van der Waals surface area contributed by atoms with E-state index in [-0.39, 0.29) is 0 Å². The van der Waals surface area contributed by atoms with Gasteiger partial charge in [0.05, 0.1) is 11.4 Å². The Hall–Kier alpha value is -1.08. The number of ether oxygens (including phenoxy) is 4. The standard InChI is InChI=1S/C12H20N2O4/c1-7-9(11(15-3)16-4)14-10(8(2)13-7)12(17-5)18-6/h11-12H,1-6H3. The van der Waals surface area contributed by atoms with Crippen molar-refractivity contribution in [3.63, 3.8) is 0 Å². The van der Waals surface area contributed by atoms with Gasteiger partial charge in [-0.1, -0.05) is 0 Å². The molecule has 0 amide bonds. The highest BCUT2D eigenvalue weighted by Crippen LogP contribution is 2.24. The van der Waals surface area contributed by atoms with E-state index < -0.39 is 12.6 Å². The van der Waals surface area contributed by atoms with Gasteiger partial charge in [0, 0.05) is 28.4 Å². The fraction of sp³-hybridized carbons (Fsp3) is 0.667. The molecule has 6 heteroatoms. The number of hydrogen-bond acceptors (Lipinski definition) is 6. The minimum absolute atomic E-state index is 0.550. The molecule has 0 spiro atoms. The average molecular weight is 256 g/mol. The Morgan fingerprint density at radius 3 is 1.28 bits per heavy atom. The molecule has 0 saturated carbocycles. The SMILES string of the molecule is COC(OC)c1nc(C(OC)OC)c(C)nc1C. The Kier molecular flexibility index (Phi) is 5.61. The number of aryl methyl sites for hydroxylation is 2. The van der Waals surface area contributed by atoms with Crippen molar-refractivity contribution in [2.75, 3.05) is 28.4 Å². The van der Waals surface area contributed by atoms with E-state index in [1.165, 1.54) is 0 Å². The average Bonchev–Trinajstić information content (AvgIpc) is 2.36. The van der Waals surface area contributed by atoms with Crippen LogP contribution in [0.2, 0.25) is 0 Å². The predicted molar refractivity (Wildman–Crippen MR) is 65.0 cm³/mol. The van der Waals surface area contributed by atoms with E-state index in [9.17, 15) is 0 Å². The Labute approximate surface area is 107 Å². The quantitative estimate of drug-likeness (QED) is 0.721. The second-order valence-electron chi connectivity index (χ2n) is 3.77. The van der Waals surface area contributed by atoms with Crippen molar-refractivity contribution in [1.29, 1.82) is 0 Å². The lowest BCUT2D eigenvalue weighted by molar-refractivity contribution is -0.116. The summed E-state index contributed by atoms with van der Waals surface area (Å²) in [7, 11) is 6.22. The van der Waals surface area contributed by atoms with Gasteiger partial charge in [-0.05, 0) is 13.8 Å². The summed E-state index contributed by atoms with van der Waals surface area (Å²) in [6.07, 6.45) is -1.10. The van der Waals surface area contributed by atoms with Crippen LogP contribution in [0.4, 0.5) is 0 Å². The maximum Gasteiger partial charge on any atom is 0.202 e. The predicted octanol–water partition coefficient (Wildman–Crippen LogP) is 1.68. The monoisotopic (exact) mass is 256 g/mol. The van der Waals surface area contributed by atoms with Crippen molar-refractivity contribution in [3.05, 3.63) is 22.8 Å². The Balaban J connectivity index is 3.24. The molecule has 0 aliphatic rings. The van der Waals surface area contributed by atoms with Gasteiger partial charge in [0.2, 0.25) is 12.6 Å². The highest BCUT2D eigenvalue weighted by molar-refractivity contribution is 5.20. The van der Waals surface area contributed by atoms with Crippen LogP contribution >= 0.6 is 0 Å². The second kappa shape index (κ2) is 6.75. The molecule has 0 unspecified atom stereocenters. The van der Waals surface area contributed by atoms with Crippen LogP contribution in [0.3, 0.4) is 0 Å². The molecule has 1 rings (SSSR count). The van der Waals surface area contributed by atoms with Crippen molar-refractivity contribution >= 4 is 0 Å². The molecular weight excluding hydrogens is 236 g/mol. The number of methoxy groups -OCH3 is 4. The summed E-state index contributed by atoms with van der Waals surface area (Å²) in [5.41, 5.74) is 2.77. The van der Waals surface area contributed by atoms with Gasteiger partial charge in [0.15, 0.2) is 0 Å². The molecule has 0 aromatic carbocycles. The number of aromatic nitrogens is 2. The lowest BCUT2D eigenvalue weighted by Gasteiger charge is -2.19. The zero-order valence-corrected chi connectivity index (χ0v) is 11.7. The minimum Gasteiger partial charge on any atom is -0.350 e. The van der Waals surface area contributed by atoms with Crippen LogP contribution in [-0.2, 0) is 18.9 Å². The first-order chi connectivity index (χ1) is 8.58. The van der Waals surface area contributed by atoms with Crippen molar-refractivity contribution in [2.24, 2.45) is 0 Å². The molecule has 1 heterocycles. The third-order valence-electron chi connectivity index (χ3n) is 2.62. The van der Waals surface area contributed by atoms with Crippen LogP contribution in [0.25, 0.3) is 0 Å². The van der Waals surface area contributed by atoms with Gasteiger partial charge < -0.3 is 18.9 Å². The van der Waals surface area contributed by atoms with Crippen molar-refractivity contribution in [1.82, 2.24) is 9.97 Å². The summed E-state index contributed by atoms with van der Waals surface area (Å²) in [5.74, 6) is 0. The zero-order valence-electron chi connectivity index (χ0n) is 11.7. The molecule has 0 bridgehead atoms. The van der Waals surface area contributed by atoms with Gasteiger partial charge in [-0.2, -0.15) is 0 Å². The summed E-state index contributed by atoms with van der Waals surface area (Å²) in [6.45, 7) is 3.72. The first-order valence-electron chi connectivity index (χ1n) is 5.55. The third kappa shape index (κ3) is 3.02. The third-order valence-corrected chi connectivity index (χ3v) is 2.62. The number of hydrogen-bond donors (Lipinski definition) is 0. The first-order valence-corrected chi connectivity index (χ1v) is 5.55. The summed E-state index contributed by atoms with van der Waals surface area (Å²) in [5, 5.41) is 0. The van der Waals surface area contributed by atoms with Gasteiger partial charge in [0.25, 0.3) is 0 Å². The molecule has 0 radical (unpaired) electrons. The van der Waals surface area contributed by atoms with Crippen molar-refractivity contribution in [3.8, 4) is 0 Å². The molecule has 0 atom stereocenters. The van der Waals surface area contributed by atoms with Gasteiger partial charge in [-0.25, -0.2) is 4.98 Å². The first kappa shape index (κ1) is 15.0. The van der Waals surface area contributed by atoms with E-state index in [1.807, 2.05) is 13.8 Å². The van der Waals surface area contributed by atoms with Crippen LogP contribution in [0.15, 0.2) is 0 Å². The molecule has 0 saturated heterocycles. The van der Waals surface area contributed by atoms with E-state index >= 15 is 0 Å². The summed E-state index contributed by atoms with van der Waals surface area (Å²) in [6, 6.07) is 0. The van der Waals surface area contributed by atoms with E-state index in [0.717, 1.165) is 11.4 Å². The molecule has 102 valence electrons. The maximum absolute atomic E-state index is 5.20. The molecular formula is C12H20N2O4. The van der Waals surface area contributed by atoms with E-state index in [0.29, 0.717) is 11.4 Å². The van der Waals surface area contributed by atoms with Crippen LogP contribution in [0, 0.1) is 13.8 Å². The topological polar surface area (TPSA) is 62.7 Å². The molecule has 0 aliphatic carbocycles. The molecule has 0 fully saturated rings. The van der Waals surface area contributed by atoms with Crippen molar-refractivity contribution < 1.29 is 18.9 Å². The maximum atomic E-state index is 5.20. The van der Waals surface area contributed by atoms with E-state index in [4.69, 9.17) is 18.9 Å². The van der Waals surface area contributed by atoms with Gasteiger partial charge >= 0.3 is 0 Å². The minimum atomic E-state index is -0.550. The Morgan fingerprint density at radius 1 is 0.667 bits per heavy atom. The van der Waals surface area contributed by atoms with Crippen LogP contribution in [0.5, 0.6) is 0 Å². The second-order valence-corrected chi connectivity index (χ2v) is 3.77. The van der Waals surface area contributed by atoms with Crippen LogP contribution < -0.4 is 0 Å². The van der Waals surface area contributed by atoms with Gasteiger partial charge in [-0.15, -0.1) is 0 Å². The summed E-state index contributed by atoms with van der Waals surface area (Å²) >= 11 is 0. The number of nitrogens with zero attached hydrogens (tertiary/aromatic N) is 2. The lowest BCUT2D eigenvalue weighted by atomic mass is 10.2. The Bertz CT molecular complexity index is 357. The van der Waals surface area contributed by atoms with Gasteiger partial charge in [-0.3, -0.25) is 4.98 Å². The zero-order chi connectivity index (χ0) is 13.7. The Morgan fingerprint density at radius 2 is 1.00 bits per heavy atom. The summed E-state index contributed by atoms with van der Waals surface area (Å²) in [4.78, 5) is 8.92. The van der Waals surface area contributed by atoms with Gasteiger partial charge in [0.1, 0.15) is 11.4 Å². The number of rotatable bonds is 6. The normalized spacial score (nSPS) is 11.6. The van der Waals surface area contributed by atoms with Crippen molar-refractivity contribution in [2.45, 2.75) is 26.4 Å². The van der Waals surface area contributed by atoms with Crippen LogP contribution in [-0.4, -0.2) is 38.4 Å². The molecule has 18 heavy (non-hydrogen) atoms. The smallest absolute Gasteiger partial charge is 0.202 e. The van der Waals surface area contributed by atoms with E-state index in [2.05, 4.69) is 9.97 Å². The molecule has 1 aromatic heterocycles. The van der Waals surface area contributed by atoms with E-state index in [1.54, 1.807) is 28.4 Å². The molecule has 6 nitrogen and oxygen atoms in total. The largest absolute Gasteiger partial charge is 0.350 e. The fourth-order valence-corrected chi connectivity index (χ4v) is 1.74. The lowest BCUT2D eigenvalue weighted by Crippen LogP contribution is -2.16.